The number of carbonyl (C=O) groups excluding carboxylic acids is 1. The Bertz CT molecular complexity index is 476. The van der Waals surface area contributed by atoms with Gasteiger partial charge in [-0.2, -0.15) is 0 Å². The quantitative estimate of drug-likeness (QED) is 0.688. The van der Waals surface area contributed by atoms with Crippen molar-refractivity contribution in [3.63, 3.8) is 0 Å². The Hall–Kier alpha value is -0.750. The molecule has 136 valence electrons. The molecule has 1 aromatic carbocycles. The van der Waals surface area contributed by atoms with E-state index in [0.29, 0.717) is 13.2 Å². The van der Waals surface area contributed by atoms with Crippen LogP contribution in [0.5, 0.6) is 0 Å². The predicted molar refractivity (Wildman–Crippen MR) is 103 cm³/mol. The van der Waals surface area contributed by atoms with E-state index in [9.17, 15) is 4.79 Å². The standard InChI is InChI=1S/C18H28N2O2S.ClH/c1-3-16(23-15-7-5-4-6-8-15)17(21)20-13-18(14-22-2)9-11-19-12-10-18;/h4-8,16,19H,3,9-14H2,1-2H3,(H,20,21);1H. The highest BCUT2D eigenvalue weighted by Gasteiger charge is 2.33. The number of rotatable bonds is 8. The molecule has 4 nitrogen and oxygen atoms in total. The van der Waals surface area contributed by atoms with Crippen LogP contribution in [0.15, 0.2) is 35.2 Å². The van der Waals surface area contributed by atoms with Gasteiger partial charge in [-0.1, -0.05) is 25.1 Å². The number of amides is 1. The lowest BCUT2D eigenvalue weighted by Crippen LogP contribution is -2.48. The molecule has 24 heavy (non-hydrogen) atoms. The molecule has 1 aliphatic heterocycles. The van der Waals surface area contributed by atoms with Gasteiger partial charge < -0.3 is 15.4 Å². The van der Waals surface area contributed by atoms with Gasteiger partial charge in [-0.25, -0.2) is 0 Å². The van der Waals surface area contributed by atoms with E-state index in [4.69, 9.17) is 4.74 Å². The maximum Gasteiger partial charge on any atom is 0.233 e. The van der Waals surface area contributed by atoms with E-state index in [1.165, 1.54) is 0 Å². The van der Waals surface area contributed by atoms with Gasteiger partial charge in [0.15, 0.2) is 0 Å². The van der Waals surface area contributed by atoms with Crippen molar-refractivity contribution < 1.29 is 9.53 Å². The molecule has 0 saturated carbocycles. The van der Waals surface area contributed by atoms with E-state index >= 15 is 0 Å². The average molecular weight is 373 g/mol. The third-order valence-electron chi connectivity index (χ3n) is 4.44. The van der Waals surface area contributed by atoms with Gasteiger partial charge in [-0.15, -0.1) is 24.2 Å². The maximum atomic E-state index is 12.6. The zero-order chi connectivity index (χ0) is 16.5. The van der Waals surface area contributed by atoms with Crippen molar-refractivity contribution in [1.29, 1.82) is 0 Å². The molecular formula is C18H29ClN2O2S. The average Bonchev–Trinajstić information content (AvgIpc) is 2.60. The molecular weight excluding hydrogens is 344 g/mol. The van der Waals surface area contributed by atoms with Crippen molar-refractivity contribution in [3.05, 3.63) is 30.3 Å². The molecule has 2 N–H and O–H groups in total. The summed E-state index contributed by atoms with van der Waals surface area (Å²) in [6, 6.07) is 10.1. The van der Waals surface area contributed by atoms with E-state index in [1.54, 1.807) is 18.9 Å². The van der Waals surface area contributed by atoms with Crippen molar-refractivity contribution in [2.45, 2.75) is 36.3 Å². The molecule has 1 atom stereocenters. The maximum absolute atomic E-state index is 12.6. The topological polar surface area (TPSA) is 50.4 Å². The van der Waals surface area contributed by atoms with Crippen LogP contribution in [0, 0.1) is 5.41 Å². The lowest BCUT2D eigenvalue weighted by molar-refractivity contribution is -0.121. The molecule has 6 heteroatoms. The molecule has 1 saturated heterocycles. The molecule has 0 radical (unpaired) electrons. The number of ether oxygens (including phenoxy) is 1. The second kappa shape index (κ2) is 11.0. The molecule has 1 amide bonds. The number of piperidine rings is 1. The van der Waals surface area contributed by atoms with E-state index in [0.717, 1.165) is 37.2 Å². The summed E-state index contributed by atoms with van der Waals surface area (Å²) >= 11 is 1.64. The van der Waals surface area contributed by atoms with E-state index in [-0.39, 0.29) is 29.0 Å². The number of hydrogen-bond acceptors (Lipinski definition) is 4. The van der Waals surface area contributed by atoms with Gasteiger partial charge in [0.2, 0.25) is 5.91 Å². The van der Waals surface area contributed by atoms with Gasteiger partial charge in [-0.3, -0.25) is 4.79 Å². The lowest BCUT2D eigenvalue weighted by Gasteiger charge is -2.37. The monoisotopic (exact) mass is 372 g/mol. The Balaban J connectivity index is 0.00000288. The first-order chi connectivity index (χ1) is 11.2. The first-order valence-corrected chi connectivity index (χ1v) is 9.26. The van der Waals surface area contributed by atoms with E-state index < -0.39 is 0 Å². The van der Waals surface area contributed by atoms with Crippen LogP contribution in [0.1, 0.15) is 26.2 Å². The molecule has 1 aliphatic rings. The Kier molecular flexibility index (Phi) is 9.74. The van der Waals surface area contributed by atoms with Gasteiger partial charge >= 0.3 is 0 Å². The minimum atomic E-state index is -0.0429. The summed E-state index contributed by atoms with van der Waals surface area (Å²) in [6.45, 7) is 5.46. The number of nitrogens with one attached hydrogen (secondary N) is 2. The molecule has 0 aliphatic carbocycles. The normalized spacial score (nSPS) is 17.6. The SMILES string of the molecule is CCC(Sc1ccccc1)C(=O)NCC1(COC)CCNCC1.Cl. The van der Waals surface area contributed by atoms with Crippen LogP contribution >= 0.6 is 24.2 Å². The molecule has 0 spiro atoms. The Morgan fingerprint density at radius 2 is 2.00 bits per heavy atom. The zero-order valence-corrected chi connectivity index (χ0v) is 16.2. The second-order valence-corrected chi connectivity index (χ2v) is 7.50. The molecule has 1 aromatic rings. The Morgan fingerprint density at radius 3 is 2.58 bits per heavy atom. The number of halogens is 1. The first kappa shape index (κ1) is 21.3. The van der Waals surface area contributed by atoms with E-state index in [1.807, 2.05) is 18.2 Å². The van der Waals surface area contributed by atoms with Crippen molar-refractivity contribution >= 4 is 30.1 Å². The Morgan fingerprint density at radius 1 is 1.33 bits per heavy atom. The number of thioether (sulfide) groups is 1. The van der Waals surface area contributed by atoms with Crippen LogP contribution in [0.25, 0.3) is 0 Å². The largest absolute Gasteiger partial charge is 0.384 e. The number of methoxy groups -OCH3 is 1. The van der Waals surface area contributed by atoms with Crippen LogP contribution < -0.4 is 10.6 Å². The zero-order valence-electron chi connectivity index (χ0n) is 14.5. The molecule has 0 aromatic heterocycles. The van der Waals surface area contributed by atoms with Crippen LogP contribution in [-0.4, -0.2) is 44.5 Å². The fourth-order valence-electron chi connectivity index (χ4n) is 3.01. The number of carbonyl (C=O) groups is 1. The fraction of sp³-hybridized carbons (Fsp3) is 0.611. The highest BCUT2D eigenvalue weighted by atomic mass is 35.5. The van der Waals surface area contributed by atoms with Gasteiger partial charge in [0.1, 0.15) is 0 Å². The third kappa shape index (κ3) is 6.28. The molecule has 0 bridgehead atoms. The molecule has 1 unspecified atom stereocenters. The van der Waals surface area contributed by atoms with Crippen molar-refractivity contribution in [1.82, 2.24) is 10.6 Å². The Labute approximate surface area is 155 Å². The minimum Gasteiger partial charge on any atom is -0.384 e. The van der Waals surface area contributed by atoms with Crippen LogP contribution in [0.4, 0.5) is 0 Å². The second-order valence-electron chi connectivity index (χ2n) is 6.23. The summed E-state index contributed by atoms with van der Waals surface area (Å²) in [7, 11) is 1.74. The summed E-state index contributed by atoms with van der Waals surface area (Å²) in [6.07, 6.45) is 2.91. The van der Waals surface area contributed by atoms with Gasteiger partial charge in [0.05, 0.1) is 11.9 Å². The van der Waals surface area contributed by atoms with Crippen LogP contribution in [0.2, 0.25) is 0 Å². The summed E-state index contributed by atoms with van der Waals surface area (Å²) < 4.78 is 5.42. The van der Waals surface area contributed by atoms with Gasteiger partial charge in [0.25, 0.3) is 0 Å². The van der Waals surface area contributed by atoms with Gasteiger partial charge in [0, 0.05) is 24.0 Å². The number of hydrogen-bond donors (Lipinski definition) is 2. The first-order valence-electron chi connectivity index (χ1n) is 8.38. The van der Waals surface area contributed by atoms with Crippen LogP contribution in [0.3, 0.4) is 0 Å². The smallest absolute Gasteiger partial charge is 0.233 e. The van der Waals surface area contributed by atoms with E-state index in [2.05, 4.69) is 29.7 Å². The van der Waals surface area contributed by atoms with Crippen LogP contribution in [-0.2, 0) is 9.53 Å². The highest BCUT2D eigenvalue weighted by molar-refractivity contribution is 8.00. The fourth-order valence-corrected chi connectivity index (χ4v) is 4.01. The molecule has 1 heterocycles. The summed E-state index contributed by atoms with van der Waals surface area (Å²) in [5, 5.41) is 6.52. The molecule has 2 rings (SSSR count). The molecule has 1 fully saturated rings. The predicted octanol–water partition coefficient (Wildman–Crippen LogP) is 3.11. The highest BCUT2D eigenvalue weighted by Crippen LogP contribution is 2.29. The van der Waals surface area contributed by atoms with Crippen molar-refractivity contribution in [3.8, 4) is 0 Å². The van der Waals surface area contributed by atoms with Gasteiger partial charge in [-0.05, 0) is 44.5 Å². The number of benzene rings is 1. The summed E-state index contributed by atoms with van der Waals surface area (Å²) in [5.41, 5.74) is 0.0748. The summed E-state index contributed by atoms with van der Waals surface area (Å²) in [5.74, 6) is 0.135. The lowest BCUT2D eigenvalue weighted by atomic mass is 9.79. The third-order valence-corrected chi connectivity index (χ3v) is 5.81. The van der Waals surface area contributed by atoms with Crippen molar-refractivity contribution in [2.75, 3.05) is 33.4 Å². The minimum absolute atomic E-state index is 0. The van der Waals surface area contributed by atoms with Crippen molar-refractivity contribution in [2.24, 2.45) is 5.41 Å². The summed E-state index contributed by atoms with van der Waals surface area (Å²) in [4.78, 5) is 13.7.